The van der Waals surface area contributed by atoms with Crippen LogP contribution in [0.4, 0.5) is 5.82 Å². The maximum atomic E-state index is 5.51. The van der Waals surface area contributed by atoms with Gasteiger partial charge in [0, 0.05) is 17.1 Å². The number of anilines is 1. The van der Waals surface area contributed by atoms with E-state index in [1.165, 1.54) is 6.33 Å². The lowest BCUT2D eigenvalue weighted by Gasteiger charge is -2.09. The molecule has 0 amide bonds. The van der Waals surface area contributed by atoms with Crippen LogP contribution >= 0.6 is 11.3 Å². The molecule has 18 heavy (non-hydrogen) atoms. The number of nitrogens with zero attached hydrogens (tertiary/aromatic N) is 3. The van der Waals surface area contributed by atoms with E-state index in [0.717, 1.165) is 16.5 Å². The minimum Gasteiger partial charge on any atom is -0.475 e. The van der Waals surface area contributed by atoms with Crippen LogP contribution in [-0.2, 0) is 6.54 Å². The summed E-state index contributed by atoms with van der Waals surface area (Å²) in [5.74, 6) is 1.33. The Labute approximate surface area is 110 Å². The molecule has 2 aromatic rings. The van der Waals surface area contributed by atoms with Gasteiger partial charge in [0.2, 0.25) is 5.88 Å². The summed E-state index contributed by atoms with van der Waals surface area (Å²) in [6, 6.07) is 1.79. The number of hydrogen-bond acceptors (Lipinski definition) is 6. The van der Waals surface area contributed by atoms with Crippen LogP contribution in [0, 0.1) is 6.92 Å². The summed E-state index contributed by atoms with van der Waals surface area (Å²) >= 11 is 1.64. The van der Waals surface area contributed by atoms with Gasteiger partial charge in [-0.15, -0.1) is 11.3 Å². The van der Waals surface area contributed by atoms with E-state index in [0.29, 0.717) is 12.4 Å². The van der Waals surface area contributed by atoms with Gasteiger partial charge in [-0.1, -0.05) is 0 Å². The first-order valence-electron chi connectivity index (χ1n) is 5.77. The van der Waals surface area contributed by atoms with Crippen molar-refractivity contribution in [1.29, 1.82) is 0 Å². The molecule has 0 aliphatic heterocycles. The summed E-state index contributed by atoms with van der Waals surface area (Å²) in [7, 11) is 0. The van der Waals surface area contributed by atoms with E-state index in [9.17, 15) is 0 Å². The van der Waals surface area contributed by atoms with Crippen molar-refractivity contribution in [3.63, 3.8) is 0 Å². The summed E-state index contributed by atoms with van der Waals surface area (Å²) in [5, 5.41) is 6.28. The largest absolute Gasteiger partial charge is 0.475 e. The van der Waals surface area contributed by atoms with Gasteiger partial charge in [-0.3, -0.25) is 0 Å². The van der Waals surface area contributed by atoms with E-state index >= 15 is 0 Å². The van der Waals surface area contributed by atoms with E-state index in [2.05, 4.69) is 20.3 Å². The molecular formula is C12H16N4OS. The molecule has 0 unspecified atom stereocenters. The van der Waals surface area contributed by atoms with Gasteiger partial charge in [-0.2, -0.15) is 0 Å². The van der Waals surface area contributed by atoms with Crippen LogP contribution in [-0.4, -0.2) is 21.1 Å². The minimum absolute atomic E-state index is 0.106. The van der Waals surface area contributed by atoms with E-state index in [-0.39, 0.29) is 6.10 Å². The molecule has 0 atom stereocenters. The van der Waals surface area contributed by atoms with Crippen LogP contribution in [0.2, 0.25) is 0 Å². The highest BCUT2D eigenvalue weighted by atomic mass is 32.1. The highest BCUT2D eigenvalue weighted by molar-refractivity contribution is 7.09. The van der Waals surface area contributed by atoms with Crippen LogP contribution in [0.15, 0.2) is 17.8 Å². The van der Waals surface area contributed by atoms with E-state index in [1.807, 2.05) is 26.2 Å². The quantitative estimate of drug-likeness (QED) is 0.899. The van der Waals surface area contributed by atoms with Crippen molar-refractivity contribution in [2.75, 3.05) is 5.32 Å². The lowest BCUT2D eigenvalue weighted by Crippen LogP contribution is -2.08. The number of nitrogens with one attached hydrogen (secondary N) is 1. The lowest BCUT2D eigenvalue weighted by molar-refractivity contribution is 0.232. The van der Waals surface area contributed by atoms with Gasteiger partial charge < -0.3 is 10.1 Å². The number of ether oxygens (including phenoxy) is 1. The number of hydrogen-bond donors (Lipinski definition) is 1. The second kappa shape index (κ2) is 5.77. The molecule has 2 heterocycles. The van der Waals surface area contributed by atoms with Crippen molar-refractivity contribution in [3.05, 3.63) is 28.5 Å². The molecule has 0 fully saturated rings. The number of aryl methyl sites for hydroxylation is 1. The lowest BCUT2D eigenvalue weighted by atomic mass is 10.4. The van der Waals surface area contributed by atoms with Gasteiger partial charge in [-0.05, 0) is 20.8 Å². The molecule has 0 radical (unpaired) electrons. The Morgan fingerprint density at radius 2 is 2.22 bits per heavy atom. The summed E-state index contributed by atoms with van der Waals surface area (Å²) in [6.45, 7) is 6.58. The third kappa shape index (κ3) is 3.66. The van der Waals surface area contributed by atoms with Crippen molar-refractivity contribution in [3.8, 4) is 5.88 Å². The van der Waals surface area contributed by atoms with E-state index < -0.39 is 0 Å². The first-order valence-corrected chi connectivity index (χ1v) is 6.65. The Morgan fingerprint density at radius 3 is 2.89 bits per heavy atom. The zero-order valence-electron chi connectivity index (χ0n) is 10.7. The maximum absolute atomic E-state index is 5.51. The molecule has 0 saturated heterocycles. The normalized spacial score (nSPS) is 10.7. The van der Waals surface area contributed by atoms with Crippen LogP contribution in [0.1, 0.15) is 24.5 Å². The minimum atomic E-state index is 0.106. The number of rotatable bonds is 5. The van der Waals surface area contributed by atoms with Gasteiger partial charge in [0.25, 0.3) is 0 Å². The third-order valence-electron chi connectivity index (χ3n) is 2.09. The highest BCUT2D eigenvalue weighted by Gasteiger charge is 2.03. The first-order chi connectivity index (χ1) is 8.63. The van der Waals surface area contributed by atoms with Crippen molar-refractivity contribution < 1.29 is 4.74 Å². The van der Waals surface area contributed by atoms with Crippen molar-refractivity contribution >= 4 is 17.2 Å². The van der Waals surface area contributed by atoms with Crippen LogP contribution in [0.3, 0.4) is 0 Å². The Bertz CT molecular complexity index is 512. The second-order valence-electron chi connectivity index (χ2n) is 4.14. The zero-order chi connectivity index (χ0) is 13.0. The molecule has 96 valence electrons. The molecule has 0 aliphatic rings. The Kier molecular flexibility index (Phi) is 4.09. The molecule has 6 heteroatoms. The average Bonchev–Trinajstić information content (AvgIpc) is 2.72. The predicted molar refractivity (Wildman–Crippen MR) is 72.0 cm³/mol. The summed E-state index contributed by atoms with van der Waals surface area (Å²) < 4.78 is 5.51. The highest BCUT2D eigenvalue weighted by Crippen LogP contribution is 2.15. The van der Waals surface area contributed by atoms with Crippen LogP contribution < -0.4 is 10.1 Å². The summed E-state index contributed by atoms with van der Waals surface area (Å²) in [5.41, 5.74) is 1.04. The average molecular weight is 264 g/mol. The van der Waals surface area contributed by atoms with Gasteiger partial charge >= 0.3 is 0 Å². The standard InChI is InChI=1S/C12H16N4OS/c1-8(2)17-11-4-10(14-7-15-11)13-5-12-16-9(3)6-18-12/h4,6-8H,5H2,1-3H3,(H,13,14,15). The molecule has 0 spiro atoms. The first kappa shape index (κ1) is 12.8. The van der Waals surface area contributed by atoms with Gasteiger partial charge in [-0.25, -0.2) is 15.0 Å². The Morgan fingerprint density at radius 1 is 1.39 bits per heavy atom. The van der Waals surface area contributed by atoms with Crippen molar-refractivity contribution in [2.45, 2.75) is 33.4 Å². The SMILES string of the molecule is Cc1csc(CNc2cc(OC(C)C)ncn2)n1. The summed E-state index contributed by atoms with van der Waals surface area (Å²) in [4.78, 5) is 12.6. The topological polar surface area (TPSA) is 59.9 Å². The van der Waals surface area contributed by atoms with E-state index in [4.69, 9.17) is 4.74 Å². The second-order valence-corrected chi connectivity index (χ2v) is 5.09. The molecule has 0 bridgehead atoms. The Balaban J connectivity index is 1.96. The molecule has 2 rings (SSSR count). The monoisotopic (exact) mass is 264 g/mol. The molecule has 0 saturated carbocycles. The van der Waals surface area contributed by atoms with Crippen molar-refractivity contribution in [1.82, 2.24) is 15.0 Å². The molecule has 5 nitrogen and oxygen atoms in total. The molecule has 2 aromatic heterocycles. The fourth-order valence-corrected chi connectivity index (χ4v) is 2.10. The molecule has 0 aromatic carbocycles. The van der Waals surface area contributed by atoms with Gasteiger partial charge in [0.1, 0.15) is 17.2 Å². The smallest absolute Gasteiger partial charge is 0.218 e. The van der Waals surface area contributed by atoms with Crippen LogP contribution in [0.25, 0.3) is 0 Å². The zero-order valence-corrected chi connectivity index (χ0v) is 11.5. The van der Waals surface area contributed by atoms with Crippen molar-refractivity contribution in [2.24, 2.45) is 0 Å². The van der Waals surface area contributed by atoms with Crippen LogP contribution in [0.5, 0.6) is 5.88 Å². The maximum Gasteiger partial charge on any atom is 0.218 e. The fourth-order valence-electron chi connectivity index (χ4n) is 1.39. The third-order valence-corrected chi connectivity index (χ3v) is 3.05. The predicted octanol–water partition coefficient (Wildman–Crippen LogP) is 2.64. The molecular weight excluding hydrogens is 248 g/mol. The molecule has 1 N–H and O–H groups in total. The number of aromatic nitrogens is 3. The van der Waals surface area contributed by atoms with E-state index in [1.54, 1.807) is 17.4 Å². The Hall–Kier alpha value is -1.69. The van der Waals surface area contributed by atoms with Gasteiger partial charge in [0.05, 0.1) is 12.6 Å². The molecule has 0 aliphatic carbocycles. The number of thiazole rings is 1. The van der Waals surface area contributed by atoms with Gasteiger partial charge in [0.15, 0.2) is 0 Å². The summed E-state index contributed by atoms with van der Waals surface area (Å²) in [6.07, 6.45) is 1.60. The fraction of sp³-hybridized carbons (Fsp3) is 0.417.